The zero-order chi connectivity index (χ0) is 15.5. The fraction of sp³-hybridized carbons (Fsp3) is 0.533. The molecule has 0 fully saturated rings. The molecule has 3 heterocycles. The van der Waals surface area contributed by atoms with E-state index in [0.29, 0.717) is 18.8 Å². The summed E-state index contributed by atoms with van der Waals surface area (Å²) >= 11 is 1.67. The van der Waals surface area contributed by atoms with Crippen molar-refractivity contribution >= 4 is 17.3 Å². The molecule has 0 aromatic carbocycles. The van der Waals surface area contributed by atoms with Gasteiger partial charge in [-0.3, -0.25) is 4.68 Å². The summed E-state index contributed by atoms with van der Waals surface area (Å²) in [7, 11) is 0. The van der Waals surface area contributed by atoms with Gasteiger partial charge in [-0.15, -0.1) is 11.3 Å². The number of nitrogens with one attached hydrogen (secondary N) is 1. The predicted octanol–water partition coefficient (Wildman–Crippen LogP) is 1.71. The number of carbonyl (C=O) groups excluding carboxylic acids is 1. The Kier molecular flexibility index (Phi) is 4.54. The number of hydrogen-bond donors (Lipinski definition) is 1. The van der Waals surface area contributed by atoms with Gasteiger partial charge in [-0.2, -0.15) is 5.10 Å². The summed E-state index contributed by atoms with van der Waals surface area (Å²) in [4.78, 5) is 17.6. The van der Waals surface area contributed by atoms with E-state index in [1.807, 2.05) is 24.0 Å². The van der Waals surface area contributed by atoms with Gasteiger partial charge in [-0.1, -0.05) is 0 Å². The van der Waals surface area contributed by atoms with Crippen molar-refractivity contribution in [3.63, 3.8) is 0 Å². The molecule has 118 valence electrons. The van der Waals surface area contributed by atoms with Crippen LogP contribution in [-0.4, -0.2) is 33.9 Å². The van der Waals surface area contributed by atoms with Gasteiger partial charge in [0, 0.05) is 48.6 Å². The third-order valence-corrected chi connectivity index (χ3v) is 4.87. The standard InChI is InChI=1S/C15H20N4O2S/c1-3-21-15(20)14-11-8-16-6-4-12(11)19(18-14)7-5-13-10(2)17-9-22-13/h9,16H,3-8H2,1-2H3. The van der Waals surface area contributed by atoms with Crippen LogP contribution >= 0.6 is 11.3 Å². The van der Waals surface area contributed by atoms with Crippen LogP contribution in [0.4, 0.5) is 0 Å². The van der Waals surface area contributed by atoms with Gasteiger partial charge in [0.1, 0.15) is 0 Å². The van der Waals surface area contributed by atoms with Crippen molar-refractivity contribution in [2.45, 2.75) is 39.8 Å². The van der Waals surface area contributed by atoms with Gasteiger partial charge >= 0.3 is 5.97 Å². The maximum atomic E-state index is 12.1. The number of hydrogen-bond acceptors (Lipinski definition) is 6. The van der Waals surface area contributed by atoms with Crippen molar-refractivity contribution in [3.05, 3.63) is 33.0 Å². The maximum absolute atomic E-state index is 12.1. The number of ether oxygens (including phenoxy) is 1. The number of nitrogens with zero attached hydrogens (tertiary/aromatic N) is 3. The van der Waals surface area contributed by atoms with Gasteiger partial charge in [0.25, 0.3) is 0 Å². The van der Waals surface area contributed by atoms with E-state index in [1.54, 1.807) is 11.3 Å². The SMILES string of the molecule is CCOC(=O)c1nn(CCc2scnc2C)c2c1CNCC2. The first-order valence-corrected chi connectivity index (χ1v) is 8.44. The summed E-state index contributed by atoms with van der Waals surface area (Å²) in [5, 5.41) is 7.83. The van der Waals surface area contributed by atoms with E-state index in [9.17, 15) is 4.79 Å². The molecule has 3 rings (SSSR count). The van der Waals surface area contributed by atoms with Crippen LogP contribution in [0.25, 0.3) is 0 Å². The summed E-state index contributed by atoms with van der Waals surface area (Å²) < 4.78 is 7.10. The third-order valence-electron chi connectivity index (χ3n) is 3.87. The second-order valence-electron chi connectivity index (χ2n) is 5.26. The Morgan fingerprint density at radius 2 is 2.41 bits per heavy atom. The lowest BCUT2D eigenvalue weighted by atomic mass is 10.1. The Hall–Kier alpha value is -1.73. The molecule has 1 aliphatic heterocycles. The van der Waals surface area contributed by atoms with Crippen molar-refractivity contribution in [2.75, 3.05) is 13.2 Å². The molecule has 0 spiro atoms. The lowest BCUT2D eigenvalue weighted by molar-refractivity contribution is 0.0517. The van der Waals surface area contributed by atoms with Crippen LogP contribution in [0.15, 0.2) is 5.51 Å². The van der Waals surface area contributed by atoms with Gasteiger partial charge in [-0.25, -0.2) is 9.78 Å². The molecular formula is C15H20N4O2S. The largest absolute Gasteiger partial charge is 0.461 e. The number of esters is 1. The minimum atomic E-state index is -0.324. The smallest absolute Gasteiger partial charge is 0.359 e. The Morgan fingerprint density at radius 1 is 1.55 bits per heavy atom. The molecule has 1 aliphatic rings. The molecule has 0 unspecified atom stereocenters. The highest BCUT2D eigenvalue weighted by atomic mass is 32.1. The molecule has 0 atom stereocenters. The summed E-state index contributed by atoms with van der Waals surface area (Å²) in [6.45, 7) is 6.58. The van der Waals surface area contributed by atoms with Crippen molar-refractivity contribution in [1.82, 2.24) is 20.1 Å². The Labute approximate surface area is 133 Å². The molecule has 1 N–H and O–H groups in total. The van der Waals surface area contributed by atoms with Crippen LogP contribution in [0, 0.1) is 6.92 Å². The van der Waals surface area contributed by atoms with Crippen LogP contribution in [0.5, 0.6) is 0 Å². The highest BCUT2D eigenvalue weighted by Gasteiger charge is 2.25. The van der Waals surface area contributed by atoms with E-state index >= 15 is 0 Å². The maximum Gasteiger partial charge on any atom is 0.359 e. The quantitative estimate of drug-likeness (QED) is 0.850. The number of thiazole rings is 1. The van der Waals surface area contributed by atoms with Crippen LogP contribution < -0.4 is 5.32 Å². The number of rotatable bonds is 5. The number of aromatic nitrogens is 3. The summed E-state index contributed by atoms with van der Waals surface area (Å²) in [5.41, 5.74) is 5.56. The first kappa shape index (κ1) is 15.2. The number of fused-ring (bicyclic) bond motifs is 1. The average Bonchev–Trinajstić information content (AvgIpc) is 3.09. The topological polar surface area (TPSA) is 69.0 Å². The molecular weight excluding hydrogens is 300 g/mol. The molecule has 0 saturated carbocycles. The molecule has 6 nitrogen and oxygen atoms in total. The van der Waals surface area contributed by atoms with Gasteiger partial charge in [-0.05, 0) is 13.8 Å². The van der Waals surface area contributed by atoms with Crippen LogP contribution in [-0.2, 0) is 30.7 Å². The van der Waals surface area contributed by atoms with Gasteiger partial charge in [0.05, 0.1) is 17.8 Å². The summed E-state index contributed by atoms with van der Waals surface area (Å²) in [6, 6.07) is 0. The molecule has 22 heavy (non-hydrogen) atoms. The molecule has 0 bridgehead atoms. The molecule has 0 radical (unpaired) electrons. The van der Waals surface area contributed by atoms with Crippen molar-refractivity contribution in [2.24, 2.45) is 0 Å². The Balaban J connectivity index is 1.84. The molecule has 2 aromatic rings. The molecule has 0 amide bonds. The second-order valence-corrected chi connectivity index (χ2v) is 6.19. The summed E-state index contributed by atoms with van der Waals surface area (Å²) in [5.74, 6) is -0.324. The van der Waals surface area contributed by atoms with E-state index in [-0.39, 0.29) is 5.97 Å². The zero-order valence-electron chi connectivity index (χ0n) is 12.9. The van der Waals surface area contributed by atoms with Gasteiger partial charge in [0.15, 0.2) is 5.69 Å². The zero-order valence-corrected chi connectivity index (χ0v) is 13.7. The van der Waals surface area contributed by atoms with Gasteiger partial charge < -0.3 is 10.1 Å². The lowest BCUT2D eigenvalue weighted by Crippen LogP contribution is -2.26. The van der Waals surface area contributed by atoms with Crippen molar-refractivity contribution in [3.8, 4) is 0 Å². The predicted molar refractivity (Wildman–Crippen MR) is 84.1 cm³/mol. The van der Waals surface area contributed by atoms with E-state index in [4.69, 9.17) is 4.74 Å². The number of carbonyl (C=O) groups is 1. The second kappa shape index (κ2) is 6.58. The highest BCUT2D eigenvalue weighted by molar-refractivity contribution is 7.09. The molecule has 0 saturated heterocycles. The fourth-order valence-corrected chi connectivity index (χ4v) is 3.51. The first-order chi connectivity index (χ1) is 10.7. The lowest BCUT2D eigenvalue weighted by Gasteiger charge is -2.15. The minimum absolute atomic E-state index is 0.324. The third kappa shape index (κ3) is 2.91. The molecule has 0 aliphatic carbocycles. The average molecular weight is 320 g/mol. The Morgan fingerprint density at radius 3 is 3.14 bits per heavy atom. The molecule has 7 heteroatoms. The number of aryl methyl sites for hydroxylation is 3. The highest BCUT2D eigenvalue weighted by Crippen LogP contribution is 2.21. The summed E-state index contributed by atoms with van der Waals surface area (Å²) in [6.07, 6.45) is 1.78. The van der Waals surface area contributed by atoms with Crippen LogP contribution in [0.1, 0.15) is 39.2 Å². The Bertz CT molecular complexity index is 677. The van der Waals surface area contributed by atoms with E-state index in [2.05, 4.69) is 15.4 Å². The van der Waals surface area contributed by atoms with Crippen molar-refractivity contribution in [1.29, 1.82) is 0 Å². The monoisotopic (exact) mass is 320 g/mol. The van der Waals surface area contributed by atoms with E-state index in [1.165, 1.54) is 4.88 Å². The normalized spacial score (nSPS) is 13.9. The first-order valence-electron chi connectivity index (χ1n) is 7.56. The van der Waals surface area contributed by atoms with Gasteiger partial charge in [0.2, 0.25) is 0 Å². The van der Waals surface area contributed by atoms with Crippen molar-refractivity contribution < 1.29 is 9.53 Å². The molecule has 2 aromatic heterocycles. The van der Waals surface area contributed by atoms with E-state index in [0.717, 1.165) is 42.9 Å². The van der Waals surface area contributed by atoms with Crippen LogP contribution in [0.3, 0.4) is 0 Å². The van der Waals surface area contributed by atoms with Crippen LogP contribution in [0.2, 0.25) is 0 Å². The fourth-order valence-electron chi connectivity index (χ4n) is 2.74. The van der Waals surface area contributed by atoms with E-state index < -0.39 is 0 Å². The minimum Gasteiger partial charge on any atom is -0.461 e.